The van der Waals surface area contributed by atoms with Crippen molar-refractivity contribution in [3.05, 3.63) is 40.0 Å². The number of pyridine rings is 1. The predicted octanol–water partition coefficient (Wildman–Crippen LogP) is 3.59. The molecule has 33 heavy (non-hydrogen) atoms. The number of aromatic nitrogens is 3. The normalized spacial score (nSPS) is 21.9. The summed E-state index contributed by atoms with van der Waals surface area (Å²) >= 11 is 2.65. The van der Waals surface area contributed by atoms with Crippen LogP contribution in [0.25, 0.3) is 10.6 Å². The molecule has 2 fully saturated rings. The van der Waals surface area contributed by atoms with E-state index in [-0.39, 0.29) is 29.1 Å². The minimum absolute atomic E-state index is 0.0403. The zero-order valence-corrected chi connectivity index (χ0v) is 19.9. The Bertz CT molecular complexity index is 1180. The van der Waals surface area contributed by atoms with Crippen molar-refractivity contribution in [3.8, 4) is 10.6 Å². The molecule has 1 unspecified atom stereocenters. The number of methoxy groups -OCH3 is 1. The summed E-state index contributed by atoms with van der Waals surface area (Å²) in [5, 5.41) is 6.00. The van der Waals surface area contributed by atoms with Gasteiger partial charge in [0, 0.05) is 30.8 Å². The minimum atomic E-state index is -0.544. The Morgan fingerprint density at radius 2 is 1.97 bits per heavy atom. The molecule has 0 spiro atoms. The fourth-order valence-electron chi connectivity index (χ4n) is 4.68. The van der Waals surface area contributed by atoms with Gasteiger partial charge in [0.2, 0.25) is 0 Å². The highest BCUT2D eigenvalue weighted by molar-refractivity contribution is 7.18. The number of amides is 2. The van der Waals surface area contributed by atoms with Gasteiger partial charge in [-0.15, -0.1) is 22.7 Å². The van der Waals surface area contributed by atoms with E-state index in [2.05, 4.69) is 20.3 Å². The van der Waals surface area contributed by atoms with Crippen molar-refractivity contribution < 1.29 is 14.3 Å². The first-order valence-electron chi connectivity index (χ1n) is 10.7. The van der Waals surface area contributed by atoms with Gasteiger partial charge in [0.05, 0.1) is 27.9 Å². The summed E-state index contributed by atoms with van der Waals surface area (Å²) in [6, 6.07) is 4.10. The molecule has 2 aliphatic heterocycles. The van der Waals surface area contributed by atoms with Crippen molar-refractivity contribution in [2.75, 3.05) is 12.4 Å². The number of primary amides is 1. The molecule has 0 aromatic carbocycles. The van der Waals surface area contributed by atoms with E-state index in [9.17, 15) is 9.59 Å². The maximum absolute atomic E-state index is 13.1. The zero-order valence-electron chi connectivity index (χ0n) is 18.3. The number of rotatable bonds is 6. The Kier molecular flexibility index (Phi) is 5.85. The molecule has 0 radical (unpaired) electrons. The first kappa shape index (κ1) is 21.9. The molecule has 3 N–H and O–H groups in total. The first-order chi connectivity index (χ1) is 15.9. The number of ether oxygens (including phenoxy) is 1. The highest BCUT2D eigenvalue weighted by Gasteiger charge is 2.43. The number of piperidine rings is 1. The molecule has 5 rings (SSSR count). The Hall–Kier alpha value is -2.89. The smallest absolute Gasteiger partial charge is 0.277 e. The quantitative estimate of drug-likeness (QED) is 0.548. The lowest BCUT2D eigenvalue weighted by Crippen LogP contribution is -2.48. The molecule has 3 atom stereocenters. The van der Waals surface area contributed by atoms with E-state index in [0.717, 1.165) is 41.9 Å². The second-order valence-electron chi connectivity index (χ2n) is 8.32. The summed E-state index contributed by atoms with van der Waals surface area (Å²) in [6.45, 7) is 1.83. The van der Waals surface area contributed by atoms with Crippen LogP contribution in [0.3, 0.4) is 0 Å². The topological polar surface area (TPSA) is 123 Å². The van der Waals surface area contributed by atoms with Crippen LogP contribution in [-0.2, 0) is 4.74 Å². The maximum atomic E-state index is 13.1. The number of hydrogen-bond acceptors (Lipinski definition) is 9. The third kappa shape index (κ3) is 4.23. The fourth-order valence-corrected chi connectivity index (χ4v) is 6.34. The molecule has 3 aromatic rings. The van der Waals surface area contributed by atoms with Gasteiger partial charge in [-0.05, 0) is 44.7 Å². The molecule has 5 heterocycles. The molecule has 0 saturated carbocycles. The van der Waals surface area contributed by atoms with Gasteiger partial charge in [-0.2, -0.15) is 0 Å². The van der Waals surface area contributed by atoms with Crippen LogP contribution < -0.4 is 11.1 Å². The van der Waals surface area contributed by atoms with Crippen LogP contribution in [0, 0.1) is 6.92 Å². The van der Waals surface area contributed by atoms with Gasteiger partial charge in [-0.1, -0.05) is 0 Å². The van der Waals surface area contributed by atoms with E-state index in [4.69, 9.17) is 10.5 Å². The zero-order chi connectivity index (χ0) is 23.1. The van der Waals surface area contributed by atoms with Crippen LogP contribution in [0.15, 0.2) is 23.7 Å². The summed E-state index contributed by atoms with van der Waals surface area (Å²) in [7, 11) is 1.75. The van der Waals surface area contributed by atoms with Gasteiger partial charge in [0.25, 0.3) is 11.8 Å². The minimum Gasteiger partial charge on any atom is -0.381 e. The maximum Gasteiger partial charge on any atom is 0.277 e. The third-order valence-corrected chi connectivity index (χ3v) is 8.20. The van der Waals surface area contributed by atoms with Crippen molar-refractivity contribution in [2.24, 2.45) is 5.73 Å². The molecular weight excluding hydrogens is 460 g/mol. The Morgan fingerprint density at radius 3 is 2.58 bits per heavy atom. The van der Waals surface area contributed by atoms with Crippen LogP contribution in [-0.4, -0.2) is 57.0 Å². The summed E-state index contributed by atoms with van der Waals surface area (Å²) < 4.78 is 5.54. The molecule has 2 amide bonds. The number of carbonyl (C=O) groups excluding carboxylic acids is 2. The average Bonchev–Trinajstić information content (AvgIpc) is 3.49. The third-order valence-electron chi connectivity index (χ3n) is 6.25. The first-order valence-corrected chi connectivity index (χ1v) is 12.4. The summed E-state index contributed by atoms with van der Waals surface area (Å²) in [5.41, 5.74) is 7.37. The van der Waals surface area contributed by atoms with E-state index < -0.39 is 5.91 Å². The van der Waals surface area contributed by atoms with Crippen LogP contribution in [0.4, 0.5) is 10.9 Å². The molecule has 2 aliphatic rings. The SMILES string of the molecule is COC1C[C@H]2CC[C@@H](C1)N2C(=O)c1ccc(Nc2nc(-c3sc(C(N)=O)nc3C)cs2)nc1. The highest BCUT2D eigenvalue weighted by Crippen LogP contribution is 2.38. The lowest BCUT2D eigenvalue weighted by molar-refractivity contribution is 0.00820. The molecule has 3 aromatic heterocycles. The number of aryl methyl sites for hydroxylation is 1. The van der Waals surface area contributed by atoms with E-state index >= 15 is 0 Å². The predicted molar refractivity (Wildman–Crippen MR) is 127 cm³/mol. The van der Waals surface area contributed by atoms with Crippen LogP contribution in [0.2, 0.25) is 0 Å². The van der Waals surface area contributed by atoms with E-state index in [1.165, 1.54) is 22.7 Å². The Balaban J connectivity index is 1.27. The number of thiazole rings is 2. The average molecular weight is 485 g/mol. The van der Waals surface area contributed by atoms with E-state index in [1.807, 2.05) is 17.2 Å². The van der Waals surface area contributed by atoms with Crippen molar-refractivity contribution in [2.45, 2.75) is 50.8 Å². The summed E-state index contributed by atoms with van der Waals surface area (Å²) in [5.74, 6) is 0.101. The summed E-state index contributed by atoms with van der Waals surface area (Å²) in [6.07, 6.45) is 5.74. The molecule has 172 valence electrons. The molecule has 2 bridgehead atoms. The van der Waals surface area contributed by atoms with Crippen molar-refractivity contribution in [1.29, 1.82) is 0 Å². The lowest BCUT2D eigenvalue weighted by atomic mass is 9.99. The number of carbonyl (C=O) groups is 2. The van der Waals surface area contributed by atoms with Gasteiger partial charge in [-0.25, -0.2) is 15.0 Å². The van der Waals surface area contributed by atoms with Gasteiger partial charge in [0.1, 0.15) is 5.82 Å². The number of fused-ring (bicyclic) bond motifs is 2. The Morgan fingerprint density at radius 1 is 1.21 bits per heavy atom. The van der Waals surface area contributed by atoms with Gasteiger partial charge < -0.3 is 20.7 Å². The van der Waals surface area contributed by atoms with Crippen LogP contribution in [0.1, 0.15) is 51.5 Å². The number of nitrogens with one attached hydrogen (secondary N) is 1. The molecule has 11 heteroatoms. The van der Waals surface area contributed by atoms with Crippen molar-refractivity contribution >= 4 is 45.4 Å². The monoisotopic (exact) mass is 484 g/mol. The van der Waals surface area contributed by atoms with Crippen molar-refractivity contribution in [3.63, 3.8) is 0 Å². The number of anilines is 2. The standard InChI is InChI=1S/C22H24N6O3S2/c1-11-18(33-20(25-11)19(23)29)16-10-32-22(26-16)27-17-6-3-12(9-24-17)21(30)28-13-4-5-14(28)8-15(7-13)31-2/h3,6,9-10,13-15H,4-5,7-8H2,1-2H3,(H2,23,29)(H,24,26,27)/t13-,14+,15?. The van der Waals surface area contributed by atoms with Gasteiger partial charge in [-0.3, -0.25) is 9.59 Å². The molecule has 9 nitrogen and oxygen atoms in total. The molecule has 2 saturated heterocycles. The van der Waals surface area contributed by atoms with E-state index in [0.29, 0.717) is 16.5 Å². The van der Waals surface area contributed by atoms with Crippen LogP contribution >= 0.6 is 22.7 Å². The second-order valence-corrected chi connectivity index (χ2v) is 10.2. The largest absolute Gasteiger partial charge is 0.381 e. The van der Waals surface area contributed by atoms with Gasteiger partial charge in [0.15, 0.2) is 10.1 Å². The van der Waals surface area contributed by atoms with E-state index in [1.54, 1.807) is 25.4 Å². The number of hydrogen-bond donors (Lipinski definition) is 2. The lowest BCUT2D eigenvalue weighted by Gasteiger charge is -2.38. The second kappa shape index (κ2) is 8.81. The van der Waals surface area contributed by atoms with Crippen molar-refractivity contribution in [1.82, 2.24) is 19.9 Å². The van der Waals surface area contributed by atoms with Gasteiger partial charge >= 0.3 is 0 Å². The molecular formula is C22H24N6O3S2. The number of nitrogens with zero attached hydrogens (tertiary/aromatic N) is 4. The Labute approximate surface area is 199 Å². The summed E-state index contributed by atoms with van der Waals surface area (Å²) in [4.78, 5) is 40.6. The fraction of sp³-hybridized carbons (Fsp3) is 0.409. The van der Waals surface area contributed by atoms with Crippen LogP contribution in [0.5, 0.6) is 0 Å². The molecule has 0 aliphatic carbocycles. The highest BCUT2D eigenvalue weighted by atomic mass is 32.1. The number of nitrogens with two attached hydrogens (primary N) is 1.